The Bertz CT molecular complexity index is 913. The molecular formula is C20H18Cl2N2O2S. The molecule has 1 amide bonds. The maximum absolute atomic E-state index is 12.4. The van der Waals surface area contributed by atoms with E-state index in [1.54, 1.807) is 29.0 Å². The third-order valence-electron chi connectivity index (χ3n) is 4.25. The standard InChI is InChI=1S/C20H18Cl2N2O2S/c1-3-24-19(25)18(23(2)20(24)27)10-13-4-8-16(9-5-13)26-12-14-6-7-15(21)11-17(14)22/h4-11H,3,12H2,1-2H3/b18-10-. The second-order valence-electron chi connectivity index (χ2n) is 6.01. The molecule has 27 heavy (non-hydrogen) atoms. The van der Waals surface area contributed by atoms with Gasteiger partial charge in [0.2, 0.25) is 0 Å². The summed E-state index contributed by atoms with van der Waals surface area (Å²) in [4.78, 5) is 15.7. The highest BCUT2D eigenvalue weighted by molar-refractivity contribution is 7.80. The van der Waals surface area contributed by atoms with E-state index in [1.807, 2.05) is 43.3 Å². The molecule has 7 heteroatoms. The van der Waals surface area contributed by atoms with Crippen molar-refractivity contribution in [2.75, 3.05) is 13.6 Å². The van der Waals surface area contributed by atoms with Crippen LogP contribution in [-0.2, 0) is 11.4 Å². The lowest BCUT2D eigenvalue weighted by Gasteiger charge is -2.13. The van der Waals surface area contributed by atoms with E-state index in [9.17, 15) is 4.79 Å². The highest BCUT2D eigenvalue weighted by atomic mass is 35.5. The minimum atomic E-state index is -0.0808. The van der Waals surface area contributed by atoms with Crippen molar-refractivity contribution in [2.45, 2.75) is 13.5 Å². The third kappa shape index (κ3) is 4.26. The smallest absolute Gasteiger partial charge is 0.276 e. The number of nitrogens with zero attached hydrogens (tertiary/aromatic N) is 2. The molecule has 0 spiro atoms. The monoisotopic (exact) mass is 420 g/mol. The summed E-state index contributed by atoms with van der Waals surface area (Å²) in [5.74, 6) is 0.627. The van der Waals surface area contributed by atoms with Gasteiger partial charge in [-0.1, -0.05) is 41.4 Å². The van der Waals surface area contributed by atoms with Crippen LogP contribution in [0.2, 0.25) is 10.0 Å². The summed E-state index contributed by atoms with van der Waals surface area (Å²) in [6.45, 7) is 2.80. The Hall–Kier alpha value is -2.08. The van der Waals surface area contributed by atoms with Gasteiger partial charge in [-0.2, -0.15) is 0 Å². The minimum absolute atomic E-state index is 0.0808. The van der Waals surface area contributed by atoms with Gasteiger partial charge in [0.1, 0.15) is 18.1 Å². The number of amides is 1. The first-order valence-corrected chi connectivity index (χ1v) is 9.55. The van der Waals surface area contributed by atoms with Crippen LogP contribution in [-0.4, -0.2) is 34.4 Å². The Morgan fingerprint density at radius 2 is 1.85 bits per heavy atom. The number of halogens is 2. The SMILES string of the molecule is CCN1C(=O)/C(=C/c2ccc(OCc3ccc(Cl)cc3Cl)cc2)N(C)C1=S. The first kappa shape index (κ1) is 19.7. The van der Waals surface area contributed by atoms with Crippen molar-refractivity contribution >= 4 is 52.5 Å². The molecule has 2 aromatic rings. The summed E-state index contributed by atoms with van der Waals surface area (Å²) in [5, 5.41) is 1.69. The largest absolute Gasteiger partial charge is 0.489 e. The van der Waals surface area contributed by atoms with Gasteiger partial charge in [0.05, 0.1) is 0 Å². The first-order chi connectivity index (χ1) is 12.9. The average molecular weight is 421 g/mol. The summed E-state index contributed by atoms with van der Waals surface area (Å²) in [7, 11) is 1.80. The Morgan fingerprint density at radius 1 is 1.15 bits per heavy atom. The van der Waals surface area contributed by atoms with E-state index in [0.29, 0.717) is 39.8 Å². The molecule has 140 valence electrons. The van der Waals surface area contributed by atoms with Crippen LogP contribution < -0.4 is 4.74 Å². The number of hydrogen-bond acceptors (Lipinski definition) is 3. The predicted octanol–water partition coefficient (Wildman–Crippen LogP) is 4.99. The quantitative estimate of drug-likeness (QED) is 0.503. The van der Waals surface area contributed by atoms with Crippen LogP contribution in [0.4, 0.5) is 0 Å². The fourth-order valence-electron chi connectivity index (χ4n) is 2.71. The summed E-state index contributed by atoms with van der Waals surface area (Å²) in [6, 6.07) is 12.8. The predicted molar refractivity (Wildman–Crippen MR) is 113 cm³/mol. The van der Waals surface area contributed by atoms with Gasteiger partial charge in [-0.15, -0.1) is 0 Å². The third-order valence-corrected chi connectivity index (χ3v) is 5.33. The topological polar surface area (TPSA) is 32.8 Å². The van der Waals surface area contributed by atoms with Gasteiger partial charge >= 0.3 is 0 Å². The van der Waals surface area contributed by atoms with Crippen molar-refractivity contribution in [1.82, 2.24) is 9.80 Å². The van der Waals surface area contributed by atoms with Crippen LogP contribution in [0.5, 0.6) is 5.75 Å². The lowest BCUT2D eigenvalue weighted by molar-refractivity contribution is -0.122. The number of likely N-dealkylation sites (N-methyl/N-ethyl adjacent to an activating group) is 2. The zero-order chi connectivity index (χ0) is 19.6. The highest BCUT2D eigenvalue weighted by Gasteiger charge is 2.34. The van der Waals surface area contributed by atoms with Crippen LogP contribution in [0, 0.1) is 0 Å². The molecular weight excluding hydrogens is 403 g/mol. The number of hydrogen-bond donors (Lipinski definition) is 0. The maximum atomic E-state index is 12.4. The number of benzene rings is 2. The molecule has 1 heterocycles. The normalized spacial score (nSPS) is 15.8. The van der Waals surface area contributed by atoms with Crippen molar-refractivity contribution in [2.24, 2.45) is 0 Å². The second kappa shape index (κ2) is 8.30. The van der Waals surface area contributed by atoms with E-state index in [0.717, 1.165) is 11.1 Å². The van der Waals surface area contributed by atoms with E-state index < -0.39 is 0 Å². The Morgan fingerprint density at radius 3 is 2.44 bits per heavy atom. The van der Waals surface area contributed by atoms with Gasteiger partial charge in [-0.05, 0) is 55.0 Å². The molecule has 1 aliphatic heterocycles. The summed E-state index contributed by atoms with van der Waals surface area (Å²) in [6.07, 6.45) is 1.82. The summed E-state index contributed by atoms with van der Waals surface area (Å²) < 4.78 is 5.78. The molecule has 1 aliphatic rings. The number of ether oxygens (including phenoxy) is 1. The Balaban J connectivity index is 1.70. The fraction of sp³-hybridized carbons (Fsp3) is 0.200. The lowest BCUT2D eigenvalue weighted by atomic mass is 10.1. The van der Waals surface area contributed by atoms with E-state index in [4.69, 9.17) is 40.2 Å². The van der Waals surface area contributed by atoms with Gasteiger partial charge in [0.15, 0.2) is 5.11 Å². The lowest BCUT2D eigenvalue weighted by Crippen LogP contribution is -2.30. The molecule has 0 atom stereocenters. The zero-order valence-electron chi connectivity index (χ0n) is 14.9. The van der Waals surface area contributed by atoms with E-state index in [-0.39, 0.29) is 5.91 Å². The minimum Gasteiger partial charge on any atom is -0.489 e. The van der Waals surface area contributed by atoms with Gasteiger partial charge in [-0.25, -0.2) is 0 Å². The molecule has 0 N–H and O–H groups in total. The van der Waals surface area contributed by atoms with Gasteiger partial charge < -0.3 is 9.64 Å². The second-order valence-corrected chi connectivity index (χ2v) is 7.22. The van der Waals surface area contributed by atoms with E-state index >= 15 is 0 Å². The van der Waals surface area contributed by atoms with Crippen molar-refractivity contribution in [3.63, 3.8) is 0 Å². The molecule has 1 saturated heterocycles. The van der Waals surface area contributed by atoms with Crippen LogP contribution in [0.1, 0.15) is 18.1 Å². The van der Waals surface area contributed by atoms with Crippen molar-refractivity contribution in [3.05, 3.63) is 69.3 Å². The van der Waals surface area contributed by atoms with Crippen LogP contribution in [0.15, 0.2) is 48.2 Å². The molecule has 4 nitrogen and oxygen atoms in total. The molecule has 1 fully saturated rings. The van der Waals surface area contributed by atoms with E-state index in [2.05, 4.69) is 0 Å². The molecule has 0 saturated carbocycles. The maximum Gasteiger partial charge on any atom is 0.276 e. The van der Waals surface area contributed by atoms with Crippen LogP contribution in [0.25, 0.3) is 6.08 Å². The number of carbonyl (C=O) groups is 1. The fourth-order valence-corrected chi connectivity index (χ4v) is 3.48. The van der Waals surface area contributed by atoms with Gasteiger partial charge in [0.25, 0.3) is 5.91 Å². The van der Waals surface area contributed by atoms with E-state index in [1.165, 1.54) is 0 Å². The first-order valence-electron chi connectivity index (χ1n) is 8.38. The summed E-state index contributed by atoms with van der Waals surface area (Å²) >= 11 is 17.4. The average Bonchev–Trinajstić information content (AvgIpc) is 2.85. The number of rotatable bonds is 5. The van der Waals surface area contributed by atoms with Gasteiger partial charge in [0, 0.05) is 29.2 Å². The molecule has 0 unspecified atom stereocenters. The van der Waals surface area contributed by atoms with Gasteiger partial charge in [-0.3, -0.25) is 9.69 Å². The Kier molecular flexibility index (Phi) is 6.05. The molecule has 3 rings (SSSR count). The van der Waals surface area contributed by atoms with Crippen molar-refractivity contribution in [1.29, 1.82) is 0 Å². The number of carbonyl (C=O) groups excluding carboxylic acids is 1. The molecule has 2 aromatic carbocycles. The van der Waals surface area contributed by atoms with Crippen LogP contribution in [0.3, 0.4) is 0 Å². The molecule has 0 aromatic heterocycles. The summed E-state index contributed by atoms with van der Waals surface area (Å²) in [5.41, 5.74) is 2.31. The molecule has 0 aliphatic carbocycles. The van der Waals surface area contributed by atoms with Crippen LogP contribution >= 0.6 is 35.4 Å². The Labute approximate surface area is 173 Å². The zero-order valence-corrected chi connectivity index (χ0v) is 17.2. The number of thiocarbonyl (C=S) groups is 1. The highest BCUT2D eigenvalue weighted by Crippen LogP contribution is 2.25. The van der Waals surface area contributed by atoms with Crippen molar-refractivity contribution < 1.29 is 9.53 Å². The van der Waals surface area contributed by atoms with Crippen molar-refractivity contribution in [3.8, 4) is 5.75 Å². The molecule has 0 radical (unpaired) electrons. The molecule has 0 bridgehead atoms.